The minimum Gasteiger partial charge on any atom is -0.489 e. The maximum Gasteiger partial charge on any atom is 0.264 e. The van der Waals surface area contributed by atoms with Crippen LogP contribution in [0.3, 0.4) is 0 Å². The molecule has 2 aromatic rings. The number of hydrogen-bond acceptors (Lipinski definition) is 4. The van der Waals surface area contributed by atoms with Gasteiger partial charge in [0.05, 0.1) is 16.6 Å². The molecule has 0 radical (unpaired) electrons. The summed E-state index contributed by atoms with van der Waals surface area (Å²) in [5.74, 6) is 0.343. The van der Waals surface area contributed by atoms with Gasteiger partial charge in [0.1, 0.15) is 12.4 Å². The number of hydrogen-bond donors (Lipinski definition) is 1. The first-order valence-electron chi connectivity index (χ1n) is 7.53. The highest BCUT2D eigenvalue weighted by Crippen LogP contribution is 2.37. The molecular weight excluding hydrogens is 328 g/mol. The van der Waals surface area contributed by atoms with Crippen molar-refractivity contribution in [3.8, 4) is 5.75 Å². The van der Waals surface area contributed by atoms with Crippen LogP contribution in [0.2, 0.25) is 0 Å². The summed E-state index contributed by atoms with van der Waals surface area (Å²) in [4.78, 5) is 11.2. The van der Waals surface area contributed by atoms with Gasteiger partial charge >= 0.3 is 0 Å². The summed E-state index contributed by atoms with van der Waals surface area (Å²) in [5.41, 5.74) is 1.08. The first-order valence-corrected chi connectivity index (χ1v) is 8.97. The topological polar surface area (TPSA) is 75.7 Å². The lowest BCUT2D eigenvalue weighted by Gasteiger charge is -2.35. The van der Waals surface area contributed by atoms with Crippen molar-refractivity contribution < 1.29 is 17.9 Å². The number of fused-ring (bicyclic) bond motifs is 1. The third-order valence-corrected chi connectivity index (χ3v) is 5.66. The van der Waals surface area contributed by atoms with Crippen molar-refractivity contribution in [2.75, 3.05) is 16.2 Å². The molecule has 0 aromatic heterocycles. The molecule has 1 N–H and O–H groups in total. The molecule has 1 amide bonds. The number of amides is 1. The monoisotopic (exact) mass is 346 g/mol. The highest BCUT2D eigenvalue weighted by Gasteiger charge is 2.34. The summed E-state index contributed by atoms with van der Waals surface area (Å²) in [6.45, 7) is 3.50. The van der Waals surface area contributed by atoms with Crippen LogP contribution in [-0.4, -0.2) is 27.0 Å². The molecule has 0 saturated heterocycles. The number of para-hydroxylation sites is 2. The fourth-order valence-corrected chi connectivity index (χ4v) is 4.32. The standard InChI is InChI=1S/C17H18N2O4S/c1-12-11-23-17-6-4-3-5-16(17)19(12)24(21,22)15-9-7-14(8-10-15)18-13(2)20/h3-10,12H,11H2,1-2H3,(H,18,20). The Hall–Kier alpha value is -2.54. The van der Waals surface area contributed by atoms with E-state index in [-0.39, 0.29) is 16.8 Å². The third kappa shape index (κ3) is 2.94. The van der Waals surface area contributed by atoms with E-state index in [1.54, 1.807) is 37.3 Å². The Bertz CT molecular complexity index is 862. The Balaban J connectivity index is 2.00. The van der Waals surface area contributed by atoms with Crippen molar-refractivity contribution in [3.63, 3.8) is 0 Å². The van der Waals surface area contributed by atoms with Crippen LogP contribution in [0.15, 0.2) is 53.4 Å². The number of rotatable bonds is 3. The fraction of sp³-hybridized carbons (Fsp3) is 0.235. The lowest BCUT2D eigenvalue weighted by Crippen LogP contribution is -2.44. The zero-order chi connectivity index (χ0) is 17.3. The molecule has 1 atom stereocenters. The Morgan fingerprint density at radius 3 is 2.50 bits per heavy atom. The summed E-state index contributed by atoms with van der Waals surface area (Å²) in [7, 11) is -3.73. The molecule has 0 bridgehead atoms. The molecule has 7 heteroatoms. The first kappa shape index (κ1) is 16.3. The van der Waals surface area contributed by atoms with Crippen LogP contribution >= 0.6 is 0 Å². The molecule has 126 valence electrons. The van der Waals surface area contributed by atoms with Gasteiger partial charge in [-0.1, -0.05) is 12.1 Å². The molecular formula is C17H18N2O4S. The number of benzene rings is 2. The van der Waals surface area contributed by atoms with Gasteiger partial charge in [-0.2, -0.15) is 0 Å². The highest BCUT2D eigenvalue weighted by molar-refractivity contribution is 7.92. The molecule has 2 aromatic carbocycles. The van der Waals surface area contributed by atoms with Crippen molar-refractivity contribution in [2.24, 2.45) is 0 Å². The van der Waals surface area contributed by atoms with Crippen molar-refractivity contribution in [3.05, 3.63) is 48.5 Å². The lowest BCUT2D eigenvalue weighted by atomic mass is 10.2. The van der Waals surface area contributed by atoms with Crippen molar-refractivity contribution in [1.29, 1.82) is 0 Å². The zero-order valence-corrected chi connectivity index (χ0v) is 14.2. The summed E-state index contributed by atoms with van der Waals surface area (Å²) >= 11 is 0. The van der Waals surface area contributed by atoms with Crippen molar-refractivity contribution in [2.45, 2.75) is 24.8 Å². The number of nitrogens with zero attached hydrogens (tertiary/aromatic N) is 1. The van der Waals surface area contributed by atoms with E-state index < -0.39 is 10.0 Å². The predicted octanol–water partition coefficient (Wildman–Crippen LogP) is 2.62. The van der Waals surface area contributed by atoms with Crippen LogP contribution in [0.1, 0.15) is 13.8 Å². The van der Waals surface area contributed by atoms with E-state index in [0.29, 0.717) is 23.7 Å². The van der Waals surface area contributed by atoms with Gasteiger partial charge in [-0.3, -0.25) is 9.10 Å². The maximum absolute atomic E-state index is 13.1. The van der Waals surface area contributed by atoms with Gasteiger partial charge in [-0.15, -0.1) is 0 Å². The largest absolute Gasteiger partial charge is 0.489 e. The van der Waals surface area contributed by atoms with E-state index >= 15 is 0 Å². The number of carbonyl (C=O) groups excluding carboxylic acids is 1. The fourth-order valence-electron chi connectivity index (χ4n) is 2.67. The van der Waals surface area contributed by atoms with E-state index in [9.17, 15) is 13.2 Å². The van der Waals surface area contributed by atoms with Gasteiger partial charge in [-0.05, 0) is 43.3 Å². The molecule has 3 rings (SSSR count). The number of carbonyl (C=O) groups is 1. The predicted molar refractivity (Wildman–Crippen MR) is 91.8 cm³/mol. The molecule has 0 spiro atoms. The number of anilines is 2. The van der Waals surface area contributed by atoms with Gasteiger partial charge in [0.25, 0.3) is 10.0 Å². The second kappa shape index (κ2) is 6.16. The van der Waals surface area contributed by atoms with Crippen LogP contribution in [0.25, 0.3) is 0 Å². The molecule has 0 fully saturated rings. The summed E-state index contributed by atoms with van der Waals surface area (Å²) in [6.07, 6.45) is 0. The summed E-state index contributed by atoms with van der Waals surface area (Å²) in [6, 6.07) is 12.9. The summed E-state index contributed by atoms with van der Waals surface area (Å²) < 4.78 is 33.1. The second-order valence-electron chi connectivity index (χ2n) is 5.63. The Kier molecular flexibility index (Phi) is 4.19. The Morgan fingerprint density at radius 1 is 1.17 bits per heavy atom. The molecule has 0 saturated carbocycles. The van der Waals surface area contributed by atoms with Gasteiger partial charge in [0, 0.05) is 12.6 Å². The number of ether oxygens (including phenoxy) is 1. The molecule has 1 unspecified atom stereocenters. The minimum absolute atomic E-state index is 0.167. The smallest absolute Gasteiger partial charge is 0.264 e. The zero-order valence-electron chi connectivity index (χ0n) is 13.4. The van der Waals surface area contributed by atoms with Gasteiger partial charge in [-0.25, -0.2) is 8.42 Å². The molecule has 1 aliphatic heterocycles. The van der Waals surface area contributed by atoms with E-state index in [1.165, 1.54) is 23.4 Å². The van der Waals surface area contributed by atoms with E-state index in [0.717, 1.165) is 0 Å². The normalized spacial score (nSPS) is 16.9. The van der Waals surface area contributed by atoms with E-state index in [1.807, 2.05) is 6.07 Å². The Labute approximate surface area is 141 Å². The maximum atomic E-state index is 13.1. The third-order valence-electron chi connectivity index (χ3n) is 3.71. The van der Waals surface area contributed by atoms with E-state index in [2.05, 4.69) is 5.32 Å². The molecule has 24 heavy (non-hydrogen) atoms. The van der Waals surface area contributed by atoms with Crippen molar-refractivity contribution in [1.82, 2.24) is 0 Å². The molecule has 0 aliphatic carbocycles. The number of sulfonamides is 1. The van der Waals surface area contributed by atoms with Crippen LogP contribution in [0.5, 0.6) is 5.75 Å². The quantitative estimate of drug-likeness (QED) is 0.927. The second-order valence-corrected chi connectivity index (χ2v) is 7.45. The summed E-state index contributed by atoms with van der Waals surface area (Å²) in [5, 5.41) is 2.62. The van der Waals surface area contributed by atoms with E-state index in [4.69, 9.17) is 4.74 Å². The minimum atomic E-state index is -3.73. The lowest BCUT2D eigenvalue weighted by molar-refractivity contribution is -0.114. The highest BCUT2D eigenvalue weighted by atomic mass is 32.2. The average molecular weight is 346 g/mol. The van der Waals surface area contributed by atoms with Crippen LogP contribution in [0, 0.1) is 0 Å². The average Bonchev–Trinajstić information content (AvgIpc) is 2.54. The Morgan fingerprint density at radius 2 is 1.83 bits per heavy atom. The van der Waals surface area contributed by atoms with Crippen LogP contribution in [0.4, 0.5) is 11.4 Å². The number of nitrogens with one attached hydrogen (secondary N) is 1. The van der Waals surface area contributed by atoms with Crippen LogP contribution < -0.4 is 14.4 Å². The van der Waals surface area contributed by atoms with Crippen molar-refractivity contribution >= 4 is 27.3 Å². The first-order chi connectivity index (χ1) is 11.4. The molecule has 1 heterocycles. The SMILES string of the molecule is CC(=O)Nc1ccc(S(=O)(=O)N2c3ccccc3OCC2C)cc1. The molecule has 6 nitrogen and oxygen atoms in total. The van der Waals surface area contributed by atoms with Gasteiger partial charge in [0.2, 0.25) is 5.91 Å². The van der Waals surface area contributed by atoms with Gasteiger partial charge in [0.15, 0.2) is 0 Å². The van der Waals surface area contributed by atoms with Gasteiger partial charge < -0.3 is 10.1 Å². The molecule has 1 aliphatic rings. The van der Waals surface area contributed by atoms with Crippen LogP contribution in [-0.2, 0) is 14.8 Å².